The molecule has 0 aliphatic heterocycles. The zero-order valence-electron chi connectivity index (χ0n) is 10.3. The molecule has 0 unspecified atom stereocenters. The summed E-state index contributed by atoms with van der Waals surface area (Å²) >= 11 is 11.7. The smallest absolute Gasteiger partial charge is 0.233 e. The van der Waals surface area contributed by atoms with Gasteiger partial charge in [-0.3, -0.25) is 4.79 Å². The van der Waals surface area contributed by atoms with Gasteiger partial charge < -0.3 is 11.1 Å². The summed E-state index contributed by atoms with van der Waals surface area (Å²) in [6.45, 7) is 4.11. The monoisotopic (exact) mass is 290 g/mol. The van der Waals surface area contributed by atoms with E-state index in [0.717, 1.165) is 0 Å². The van der Waals surface area contributed by atoms with Crippen molar-refractivity contribution in [3.05, 3.63) is 16.5 Å². The van der Waals surface area contributed by atoms with Crippen molar-refractivity contribution in [3.8, 4) is 0 Å². The first kappa shape index (κ1) is 15.1. The highest BCUT2D eigenvalue weighted by Gasteiger charge is 2.34. The van der Waals surface area contributed by atoms with Gasteiger partial charge in [0.2, 0.25) is 5.91 Å². The summed E-state index contributed by atoms with van der Waals surface area (Å²) in [5, 5.41) is 2.89. The van der Waals surface area contributed by atoms with Crippen LogP contribution in [0.3, 0.4) is 0 Å². The maximum atomic E-state index is 12.2. The van der Waals surface area contributed by atoms with Crippen molar-refractivity contribution in [2.24, 2.45) is 11.1 Å². The molecule has 0 atom stereocenters. The van der Waals surface area contributed by atoms with Gasteiger partial charge >= 0.3 is 0 Å². The molecule has 1 aromatic heterocycles. The maximum Gasteiger partial charge on any atom is 0.233 e. The molecule has 0 radical (unpaired) electrons. The Kier molecular flexibility index (Phi) is 5.31. The Hall–Kier alpha value is -0.910. The minimum atomic E-state index is -0.610. The van der Waals surface area contributed by atoms with Crippen LogP contribution in [0.4, 0.5) is 5.82 Å². The van der Waals surface area contributed by atoms with E-state index in [2.05, 4.69) is 15.3 Å². The van der Waals surface area contributed by atoms with Crippen LogP contribution < -0.4 is 11.1 Å². The van der Waals surface area contributed by atoms with Crippen LogP contribution in [0.25, 0.3) is 0 Å². The number of hydrogen-bond acceptors (Lipinski definition) is 4. The van der Waals surface area contributed by atoms with Gasteiger partial charge in [0, 0.05) is 6.54 Å². The lowest BCUT2D eigenvalue weighted by molar-refractivity contribution is -0.125. The maximum absolute atomic E-state index is 12.2. The second-order valence-electron chi connectivity index (χ2n) is 3.97. The Balaban J connectivity index is 2.97. The van der Waals surface area contributed by atoms with Crippen molar-refractivity contribution in [1.29, 1.82) is 0 Å². The quantitative estimate of drug-likeness (QED) is 0.817. The Bertz CT molecular complexity index is 427. The molecular formula is C11H16Cl2N4O. The second-order valence-corrected chi connectivity index (χ2v) is 4.71. The van der Waals surface area contributed by atoms with Gasteiger partial charge in [0.1, 0.15) is 11.3 Å². The minimum absolute atomic E-state index is 0.105. The van der Waals surface area contributed by atoms with Gasteiger partial charge in [0.15, 0.2) is 11.0 Å². The highest BCUT2D eigenvalue weighted by molar-refractivity contribution is 6.42. The number of anilines is 1. The highest BCUT2D eigenvalue weighted by Crippen LogP contribution is 2.30. The molecule has 0 spiro atoms. The van der Waals surface area contributed by atoms with Crippen molar-refractivity contribution in [2.75, 3.05) is 11.9 Å². The van der Waals surface area contributed by atoms with Crippen LogP contribution in [0.1, 0.15) is 26.7 Å². The number of hydrogen-bond donors (Lipinski definition) is 2. The van der Waals surface area contributed by atoms with Crippen LogP contribution in [0, 0.1) is 5.41 Å². The molecule has 7 heteroatoms. The summed E-state index contributed by atoms with van der Waals surface area (Å²) in [5.41, 5.74) is 5.09. The van der Waals surface area contributed by atoms with Gasteiger partial charge in [-0.2, -0.15) is 0 Å². The molecule has 1 heterocycles. The number of carbonyl (C=O) groups is 1. The first-order valence-corrected chi connectivity index (χ1v) is 6.43. The molecular weight excluding hydrogens is 275 g/mol. The number of rotatable bonds is 5. The van der Waals surface area contributed by atoms with Crippen LogP contribution in [0.15, 0.2) is 6.33 Å². The molecule has 1 aromatic rings. The van der Waals surface area contributed by atoms with Crippen molar-refractivity contribution >= 4 is 34.9 Å². The molecule has 0 aliphatic carbocycles. The summed E-state index contributed by atoms with van der Waals surface area (Å²) in [7, 11) is 0. The summed E-state index contributed by atoms with van der Waals surface area (Å²) < 4.78 is 0. The molecule has 1 amide bonds. The normalized spacial score (nSPS) is 11.4. The third-order valence-corrected chi connectivity index (χ3v) is 3.95. The SMILES string of the molecule is CCC(CC)(CN)C(=O)Nc1ncnc(Cl)c1Cl. The average Bonchev–Trinajstić information content (AvgIpc) is 2.38. The summed E-state index contributed by atoms with van der Waals surface area (Å²) in [6.07, 6.45) is 2.52. The van der Waals surface area contributed by atoms with Crippen molar-refractivity contribution in [1.82, 2.24) is 9.97 Å². The van der Waals surface area contributed by atoms with Gasteiger partial charge in [-0.25, -0.2) is 9.97 Å². The van der Waals surface area contributed by atoms with E-state index in [-0.39, 0.29) is 28.4 Å². The van der Waals surface area contributed by atoms with Crippen molar-refractivity contribution < 1.29 is 4.79 Å². The molecule has 18 heavy (non-hydrogen) atoms. The fraction of sp³-hybridized carbons (Fsp3) is 0.545. The summed E-state index contributed by atoms with van der Waals surface area (Å²) in [4.78, 5) is 19.8. The molecule has 3 N–H and O–H groups in total. The molecule has 5 nitrogen and oxygen atoms in total. The molecule has 0 saturated carbocycles. The largest absolute Gasteiger partial charge is 0.329 e. The van der Waals surface area contributed by atoms with Crippen LogP contribution in [-0.2, 0) is 4.79 Å². The van der Waals surface area contributed by atoms with E-state index in [1.165, 1.54) is 6.33 Å². The van der Waals surface area contributed by atoms with Gasteiger partial charge in [0.05, 0.1) is 5.41 Å². The molecule has 0 bridgehead atoms. The first-order chi connectivity index (χ1) is 8.50. The third kappa shape index (κ3) is 2.91. The van der Waals surface area contributed by atoms with E-state index in [0.29, 0.717) is 12.8 Å². The molecule has 0 saturated heterocycles. The van der Waals surface area contributed by atoms with Crippen LogP contribution >= 0.6 is 23.2 Å². The average molecular weight is 291 g/mol. The molecule has 1 rings (SSSR count). The zero-order valence-corrected chi connectivity index (χ0v) is 11.8. The zero-order chi connectivity index (χ0) is 13.8. The van der Waals surface area contributed by atoms with Crippen LogP contribution in [-0.4, -0.2) is 22.4 Å². The fourth-order valence-electron chi connectivity index (χ4n) is 1.63. The number of aromatic nitrogens is 2. The van der Waals surface area contributed by atoms with E-state index >= 15 is 0 Å². The van der Waals surface area contributed by atoms with Crippen molar-refractivity contribution in [3.63, 3.8) is 0 Å². The Morgan fingerprint density at radius 2 is 2.00 bits per heavy atom. The predicted octanol–water partition coefficient (Wildman–Crippen LogP) is 2.49. The number of nitrogens with two attached hydrogens (primary N) is 1. The molecule has 0 aromatic carbocycles. The van der Waals surface area contributed by atoms with E-state index in [1.54, 1.807) is 0 Å². The molecule has 100 valence electrons. The Morgan fingerprint density at radius 1 is 1.39 bits per heavy atom. The number of nitrogens with one attached hydrogen (secondary N) is 1. The lowest BCUT2D eigenvalue weighted by Gasteiger charge is -2.28. The van der Waals surface area contributed by atoms with Crippen LogP contribution in [0.2, 0.25) is 10.2 Å². The third-order valence-electron chi connectivity index (χ3n) is 3.20. The summed E-state index contributed by atoms with van der Waals surface area (Å²) in [5.74, 6) is 0.00746. The van der Waals surface area contributed by atoms with E-state index in [1.807, 2.05) is 13.8 Å². The standard InChI is InChI=1S/C11H16Cl2N4O/c1-3-11(4-2,5-14)10(18)17-9-7(12)8(13)15-6-16-9/h6H,3-5,14H2,1-2H3,(H,15,16,17,18). The lowest BCUT2D eigenvalue weighted by Crippen LogP contribution is -2.41. The lowest BCUT2D eigenvalue weighted by atomic mass is 9.81. The van der Waals surface area contributed by atoms with Crippen molar-refractivity contribution in [2.45, 2.75) is 26.7 Å². The Morgan fingerprint density at radius 3 is 2.50 bits per heavy atom. The van der Waals surface area contributed by atoms with Gasteiger partial charge in [-0.1, -0.05) is 37.0 Å². The van der Waals surface area contributed by atoms with Gasteiger partial charge in [-0.05, 0) is 12.8 Å². The number of halogens is 2. The number of amides is 1. The topological polar surface area (TPSA) is 80.9 Å². The molecule has 0 aliphatic rings. The number of nitrogens with zero attached hydrogens (tertiary/aromatic N) is 2. The van der Waals surface area contributed by atoms with E-state index < -0.39 is 5.41 Å². The summed E-state index contributed by atoms with van der Waals surface area (Å²) in [6, 6.07) is 0. The van der Waals surface area contributed by atoms with Gasteiger partial charge in [0.25, 0.3) is 0 Å². The molecule has 0 fully saturated rings. The van der Waals surface area contributed by atoms with Crippen LogP contribution in [0.5, 0.6) is 0 Å². The highest BCUT2D eigenvalue weighted by atomic mass is 35.5. The van der Waals surface area contributed by atoms with E-state index in [9.17, 15) is 4.79 Å². The fourth-order valence-corrected chi connectivity index (χ4v) is 1.91. The predicted molar refractivity (Wildman–Crippen MR) is 72.8 cm³/mol. The number of carbonyl (C=O) groups excluding carboxylic acids is 1. The minimum Gasteiger partial charge on any atom is -0.329 e. The first-order valence-electron chi connectivity index (χ1n) is 5.68. The van der Waals surface area contributed by atoms with Gasteiger partial charge in [-0.15, -0.1) is 0 Å². The van der Waals surface area contributed by atoms with E-state index in [4.69, 9.17) is 28.9 Å². The second kappa shape index (κ2) is 6.31. The Labute approximate surface area is 116 Å².